The fraction of sp³-hybridized carbons (Fsp3) is 0.292. The number of amides is 2. The van der Waals surface area contributed by atoms with Gasteiger partial charge in [-0.25, -0.2) is 4.98 Å². The van der Waals surface area contributed by atoms with Gasteiger partial charge in [-0.2, -0.15) is 13.2 Å². The van der Waals surface area contributed by atoms with Crippen molar-refractivity contribution in [1.29, 1.82) is 0 Å². The minimum Gasteiger partial charge on any atom is -0.364 e. The molecule has 5 nitrogen and oxygen atoms in total. The molecule has 0 spiro atoms. The number of allylic oxidation sites excluding steroid dienone is 2. The zero-order chi connectivity index (χ0) is 23.3. The average molecular weight is 439 g/mol. The minimum atomic E-state index is -4.55. The zero-order valence-electron chi connectivity index (χ0n) is 17.5. The summed E-state index contributed by atoms with van der Waals surface area (Å²) < 4.78 is 40.4. The number of rotatable bonds is 2. The van der Waals surface area contributed by atoms with Gasteiger partial charge in [0.05, 0.1) is 11.3 Å². The van der Waals surface area contributed by atoms with Crippen LogP contribution in [0.15, 0.2) is 36.4 Å². The van der Waals surface area contributed by atoms with Crippen molar-refractivity contribution in [2.24, 2.45) is 11.1 Å². The quantitative estimate of drug-likeness (QED) is 0.727. The lowest BCUT2D eigenvalue weighted by atomic mass is 9.89. The maximum Gasteiger partial charge on any atom is 0.416 e. The number of halogens is 3. The molecule has 32 heavy (non-hydrogen) atoms. The van der Waals surface area contributed by atoms with Crippen molar-refractivity contribution in [1.82, 2.24) is 9.88 Å². The number of alkyl halides is 3. The van der Waals surface area contributed by atoms with E-state index in [4.69, 9.17) is 5.73 Å². The number of primary amides is 1. The number of hydrogen-bond donors (Lipinski definition) is 1. The van der Waals surface area contributed by atoms with Crippen LogP contribution in [0.1, 0.15) is 40.5 Å². The van der Waals surface area contributed by atoms with Crippen molar-refractivity contribution < 1.29 is 22.8 Å². The Labute approximate surface area is 183 Å². The first-order chi connectivity index (χ1) is 15.0. The number of carbonyl (C=O) groups excluding carboxylic acids is 2. The number of likely N-dealkylation sites (tertiary alicyclic amines) is 1. The molecule has 2 amide bonds. The standard InChI is InChI=1S/C24H20F3N3O2/c1-23(10-11-30(2)22(23)32)9-8-14-4-3-5-15(12-14)19-13-17-16(20(29-19)21(28)31)6-7-18(17)24(25,26)27/h3-5,7,12-13H,6,10-11H2,1-2H3,(H2,28,31)/t23-/m1/s1. The van der Waals surface area contributed by atoms with Gasteiger partial charge in [-0.15, -0.1) is 0 Å². The Morgan fingerprint density at radius 3 is 2.66 bits per heavy atom. The van der Waals surface area contributed by atoms with Crippen LogP contribution < -0.4 is 5.73 Å². The van der Waals surface area contributed by atoms with E-state index in [-0.39, 0.29) is 34.8 Å². The van der Waals surface area contributed by atoms with E-state index in [9.17, 15) is 22.8 Å². The summed E-state index contributed by atoms with van der Waals surface area (Å²) in [6.07, 6.45) is -2.94. The molecule has 1 fully saturated rings. The van der Waals surface area contributed by atoms with Gasteiger partial charge in [-0.3, -0.25) is 9.59 Å². The third-order valence-corrected chi connectivity index (χ3v) is 5.87. The summed E-state index contributed by atoms with van der Waals surface area (Å²) in [4.78, 5) is 30.1. The fourth-order valence-corrected chi connectivity index (χ4v) is 4.06. The number of benzene rings is 1. The van der Waals surface area contributed by atoms with E-state index in [1.807, 2.05) is 0 Å². The fourth-order valence-electron chi connectivity index (χ4n) is 4.06. The molecule has 1 aliphatic heterocycles. The Balaban J connectivity index is 1.76. The summed E-state index contributed by atoms with van der Waals surface area (Å²) in [6, 6.07) is 8.12. The molecule has 0 radical (unpaired) electrons. The first-order valence-electron chi connectivity index (χ1n) is 10.0. The summed E-state index contributed by atoms with van der Waals surface area (Å²) in [6.45, 7) is 2.43. The Morgan fingerprint density at radius 1 is 1.28 bits per heavy atom. The van der Waals surface area contributed by atoms with Gasteiger partial charge in [0.25, 0.3) is 5.91 Å². The molecule has 2 N–H and O–H groups in total. The van der Waals surface area contributed by atoms with Crippen molar-refractivity contribution >= 4 is 17.4 Å². The van der Waals surface area contributed by atoms with Gasteiger partial charge in [0.2, 0.25) is 5.91 Å². The van der Waals surface area contributed by atoms with Crippen LogP contribution in [0.5, 0.6) is 0 Å². The summed E-state index contributed by atoms with van der Waals surface area (Å²) >= 11 is 0. The van der Waals surface area contributed by atoms with E-state index in [1.54, 1.807) is 43.1 Å². The van der Waals surface area contributed by atoms with Gasteiger partial charge in [-0.1, -0.05) is 30.0 Å². The van der Waals surface area contributed by atoms with E-state index in [0.29, 0.717) is 24.1 Å². The topological polar surface area (TPSA) is 76.3 Å². The molecule has 1 aliphatic carbocycles. The highest BCUT2D eigenvalue weighted by Crippen LogP contribution is 2.42. The Hall–Kier alpha value is -3.60. The highest BCUT2D eigenvalue weighted by atomic mass is 19.4. The molecule has 1 aromatic carbocycles. The Kier molecular flexibility index (Phi) is 5.08. The third kappa shape index (κ3) is 3.75. The van der Waals surface area contributed by atoms with Crippen molar-refractivity contribution in [3.8, 4) is 23.1 Å². The van der Waals surface area contributed by atoms with Crippen LogP contribution in [0.25, 0.3) is 16.8 Å². The highest BCUT2D eigenvalue weighted by molar-refractivity contribution is 5.96. The molecule has 8 heteroatoms. The van der Waals surface area contributed by atoms with E-state index in [0.717, 1.165) is 6.08 Å². The highest BCUT2D eigenvalue weighted by Gasteiger charge is 2.40. The molecular formula is C24H20F3N3O2. The van der Waals surface area contributed by atoms with Crippen molar-refractivity contribution in [2.75, 3.05) is 13.6 Å². The molecule has 1 aromatic heterocycles. The van der Waals surface area contributed by atoms with Gasteiger partial charge >= 0.3 is 6.18 Å². The molecule has 1 saturated heterocycles. The van der Waals surface area contributed by atoms with Crippen LogP contribution in [-0.4, -0.2) is 41.5 Å². The normalized spacial score (nSPS) is 20.0. The predicted molar refractivity (Wildman–Crippen MR) is 113 cm³/mol. The van der Waals surface area contributed by atoms with Gasteiger partial charge < -0.3 is 10.6 Å². The van der Waals surface area contributed by atoms with E-state index >= 15 is 0 Å². The van der Waals surface area contributed by atoms with Gasteiger partial charge in [-0.05, 0) is 49.1 Å². The van der Waals surface area contributed by atoms with Gasteiger partial charge in [0.1, 0.15) is 11.1 Å². The SMILES string of the molecule is CN1CC[C@@](C)(C#Cc2cccc(-c3cc4c(c(C(N)=O)n3)CC=C4C(F)(F)F)c2)C1=O. The van der Waals surface area contributed by atoms with Crippen LogP contribution in [0.4, 0.5) is 13.2 Å². The molecule has 4 rings (SSSR count). The number of aromatic nitrogens is 1. The lowest BCUT2D eigenvalue weighted by Gasteiger charge is -2.14. The molecule has 164 valence electrons. The Bertz CT molecular complexity index is 1240. The summed E-state index contributed by atoms with van der Waals surface area (Å²) in [5.74, 6) is 5.12. The van der Waals surface area contributed by atoms with Crippen LogP contribution in [-0.2, 0) is 11.2 Å². The molecule has 2 heterocycles. The molecule has 0 saturated carbocycles. The predicted octanol–water partition coefficient (Wildman–Crippen LogP) is 3.57. The second-order valence-corrected chi connectivity index (χ2v) is 8.21. The number of hydrogen-bond acceptors (Lipinski definition) is 3. The first-order valence-corrected chi connectivity index (χ1v) is 10.0. The molecular weight excluding hydrogens is 419 g/mol. The third-order valence-electron chi connectivity index (χ3n) is 5.87. The molecule has 2 aliphatic rings. The monoisotopic (exact) mass is 439 g/mol. The second-order valence-electron chi connectivity index (χ2n) is 8.21. The number of nitrogens with two attached hydrogens (primary N) is 1. The first kappa shape index (κ1) is 21.6. The van der Waals surface area contributed by atoms with Crippen LogP contribution in [0.3, 0.4) is 0 Å². The zero-order valence-corrected chi connectivity index (χ0v) is 17.5. The number of fused-ring (bicyclic) bond motifs is 1. The summed E-state index contributed by atoms with van der Waals surface area (Å²) in [7, 11) is 1.73. The summed E-state index contributed by atoms with van der Waals surface area (Å²) in [5.41, 5.74) is 5.04. The van der Waals surface area contributed by atoms with E-state index < -0.39 is 23.1 Å². The maximum absolute atomic E-state index is 13.5. The van der Waals surface area contributed by atoms with Crippen LogP contribution >= 0.6 is 0 Å². The largest absolute Gasteiger partial charge is 0.416 e. The smallest absolute Gasteiger partial charge is 0.364 e. The average Bonchev–Trinajstić information content (AvgIpc) is 3.29. The van der Waals surface area contributed by atoms with Crippen molar-refractivity contribution in [2.45, 2.75) is 25.9 Å². The van der Waals surface area contributed by atoms with Crippen molar-refractivity contribution in [3.05, 3.63) is 58.8 Å². The van der Waals surface area contributed by atoms with Crippen LogP contribution in [0, 0.1) is 17.3 Å². The molecule has 0 unspecified atom stereocenters. The summed E-state index contributed by atoms with van der Waals surface area (Å²) in [5, 5.41) is 0. The number of pyridine rings is 1. The van der Waals surface area contributed by atoms with Gasteiger partial charge in [0.15, 0.2) is 0 Å². The molecule has 0 bridgehead atoms. The Morgan fingerprint density at radius 2 is 2.03 bits per heavy atom. The number of nitrogens with zero attached hydrogens (tertiary/aromatic N) is 2. The van der Waals surface area contributed by atoms with E-state index in [2.05, 4.69) is 16.8 Å². The lowest BCUT2D eigenvalue weighted by molar-refractivity contribution is -0.131. The second kappa shape index (κ2) is 7.52. The maximum atomic E-state index is 13.5. The lowest BCUT2D eigenvalue weighted by Crippen LogP contribution is -2.28. The molecule has 1 atom stereocenters. The molecule has 2 aromatic rings. The number of carbonyl (C=O) groups is 2. The minimum absolute atomic E-state index is 0.0426. The van der Waals surface area contributed by atoms with Crippen molar-refractivity contribution in [3.63, 3.8) is 0 Å². The van der Waals surface area contributed by atoms with Crippen LogP contribution in [0.2, 0.25) is 0 Å². The van der Waals surface area contributed by atoms with E-state index in [1.165, 1.54) is 6.07 Å². The van der Waals surface area contributed by atoms with Gasteiger partial charge in [0, 0.05) is 24.7 Å².